The van der Waals surface area contributed by atoms with Crippen LogP contribution in [0.2, 0.25) is 0 Å². The molecule has 7 nitrogen and oxygen atoms in total. The zero-order valence-electron chi connectivity index (χ0n) is 17.8. The smallest absolute Gasteiger partial charge is 0.253 e. The van der Waals surface area contributed by atoms with E-state index in [1.165, 1.54) is 0 Å². The summed E-state index contributed by atoms with van der Waals surface area (Å²) < 4.78 is 17.2. The van der Waals surface area contributed by atoms with Crippen LogP contribution in [0.4, 0.5) is 5.82 Å². The van der Waals surface area contributed by atoms with Crippen molar-refractivity contribution in [2.45, 2.75) is 45.4 Å². The van der Waals surface area contributed by atoms with Gasteiger partial charge in [0.2, 0.25) is 0 Å². The third-order valence-corrected chi connectivity index (χ3v) is 5.37. The molecular formula is C23H29N3O4. The Morgan fingerprint density at radius 3 is 2.53 bits per heavy atom. The fraction of sp³-hybridized carbons (Fsp3) is 0.478. The number of nitrogens with zero attached hydrogens (tertiary/aromatic N) is 2. The van der Waals surface area contributed by atoms with E-state index in [1.54, 1.807) is 6.20 Å². The van der Waals surface area contributed by atoms with Gasteiger partial charge < -0.3 is 24.4 Å². The third-order valence-electron chi connectivity index (χ3n) is 5.37. The van der Waals surface area contributed by atoms with Gasteiger partial charge in [0.15, 0.2) is 11.5 Å². The van der Waals surface area contributed by atoms with E-state index in [0.717, 1.165) is 42.4 Å². The minimum Gasteiger partial charge on any atom is -0.490 e. The van der Waals surface area contributed by atoms with E-state index in [-0.39, 0.29) is 24.2 Å². The number of rotatable bonds is 4. The average Bonchev–Trinajstić information content (AvgIpc) is 2.98. The lowest BCUT2D eigenvalue weighted by atomic mass is 10.1. The fourth-order valence-electron chi connectivity index (χ4n) is 3.88. The van der Waals surface area contributed by atoms with E-state index >= 15 is 0 Å². The summed E-state index contributed by atoms with van der Waals surface area (Å²) in [6.07, 6.45) is 2.82. The molecule has 2 aromatic rings. The molecule has 0 radical (unpaired) electrons. The summed E-state index contributed by atoms with van der Waals surface area (Å²) in [6, 6.07) is 9.35. The number of carbonyl (C=O) groups is 1. The Hall–Kier alpha value is -2.80. The number of ether oxygens (including phenoxy) is 3. The summed E-state index contributed by atoms with van der Waals surface area (Å²) in [6.45, 7) is 8.96. The molecule has 1 N–H and O–H groups in total. The van der Waals surface area contributed by atoms with Crippen molar-refractivity contribution in [3.63, 3.8) is 0 Å². The second-order valence-electron chi connectivity index (χ2n) is 8.02. The van der Waals surface area contributed by atoms with Gasteiger partial charge in [0.25, 0.3) is 5.91 Å². The molecule has 4 rings (SSSR count). The van der Waals surface area contributed by atoms with Crippen molar-refractivity contribution in [1.29, 1.82) is 0 Å². The lowest BCUT2D eigenvalue weighted by Gasteiger charge is -2.36. The van der Waals surface area contributed by atoms with Gasteiger partial charge in [-0.2, -0.15) is 0 Å². The molecule has 1 fully saturated rings. The first kappa shape index (κ1) is 20.5. The predicted molar refractivity (Wildman–Crippen MR) is 114 cm³/mol. The van der Waals surface area contributed by atoms with Gasteiger partial charge in [0.05, 0.1) is 37.0 Å². The first-order valence-electron chi connectivity index (χ1n) is 10.6. The van der Waals surface area contributed by atoms with Crippen molar-refractivity contribution < 1.29 is 19.0 Å². The number of amides is 1. The zero-order valence-corrected chi connectivity index (χ0v) is 17.8. The van der Waals surface area contributed by atoms with Crippen LogP contribution in [-0.2, 0) is 4.74 Å². The van der Waals surface area contributed by atoms with E-state index < -0.39 is 0 Å². The quantitative estimate of drug-likeness (QED) is 0.832. The van der Waals surface area contributed by atoms with Crippen LogP contribution in [0.3, 0.4) is 0 Å². The number of hydrogen-bond acceptors (Lipinski definition) is 6. The number of anilines is 1. The number of fused-ring (bicyclic) bond motifs is 1. The molecule has 3 heterocycles. The van der Waals surface area contributed by atoms with E-state index in [1.807, 2.05) is 37.3 Å². The summed E-state index contributed by atoms with van der Waals surface area (Å²) in [5.41, 5.74) is 1.50. The second-order valence-corrected chi connectivity index (χ2v) is 8.02. The number of pyridine rings is 1. The topological polar surface area (TPSA) is 72.9 Å². The summed E-state index contributed by atoms with van der Waals surface area (Å²) in [5.74, 6) is 2.19. The Bertz CT molecular complexity index is 877. The van der Waals surface area contributed by atoms with Crippen molar-refractivity contribution in [3.05, 3.63) is 47.7 Å². The van der Waals surface area contributed by atoms with E-state index in [2.05, 4.69) is 29.0 Å². The van der Waals surface area contributed by atoms with Crippen LogP contribution in [0, 0.1) is 0 Å². The molecule has 0 aliphatic carbocycles. The second kappa shape index (κ2) is 8.92. The lowest BCUT2D eigenvalue weighted by molar-refractivity contribution is -0.00546. The fourth-order valence-corrected chi connectivity index (χ4v) is 3.88. The van der Waals surface area contributed by atoms with Gasteiger partial charge in [0.1, 0.15) is 5.82 Å². The van der Waals surface area contributed by atoms with Crippen molar-refractivity contribution in [2.24, 2.45) is 0 Å². The highest BCUT2D eigenvalue weighted by molar-refractivity contribution is 5.94. The summed E-state index contributed by atoms with van der Waals surface area (Å²) in [4.78, 5) is 19.4. The maximum atomic E-state index is 12.7. The maximum absolute atomic E-state index is 12.7. The molecular weight excluding hydrogens is 382 g/mol. The summed E-state index contributed by atoms with van der Waals surface area (Å²) >= 11 is 0. The molecule has 0 saturated carbocycles. The van der Waals surface area contributed by atoms with Gasteiger partial charge in [-0.3, -0.25) is 4.79 Å². The van der Waals surface area contributed by atoms with Gasteiger partial charge in [-0.05, 0) is 50.6 Å². The van der Waals surface area contributed by atoms with Gasteiger partial charge in [-0.15, -0.1) is 0 Å². The molecule has 3 atom stereocenters. The summed E-state index contributed by atoms with van der Waals surface area (Å²) in [5, 5.41) is 3.04. The molecule has 1 saturated heterocycles. The molecule has 1 aromatic heterocycles. The van der Waals surface area contributed by atoms with Crippen molar-refractivity contribution in [3.8, 4) is 11.5 Å². The minimum atomic E-state index is -0.171. The van der Waals surface area contributed by atoms with Gasteiger partial charge >= 0.3 is 0 Å². The normalized spacial score (nSPS) is 22.2. The first-order chi connectivity index (χ1) is 14.5. The minimum absolute atomic E-state index is 0.155. The molecule has 7 heteroatoms. The molecule has 160 valence electrons. The zero-order chi connectivity index (χ0) is 21.1. The predicted octanol–water partition coefficient (Wildman–Crippen LogP) is 3.35. The molecule has 2 aliphatic heterocycles. The number of benzene rings is 1. The van der Waals surface area contributed by atoms with Gasteiger partial charge in [-0.1, -0.05) is 6.07 Å². The molecule has 30 heavy (non-hydrogen) atoms. The highest BCUT2D eigenvalue weighted by Crippen LogP contribution is 2.32. The van der Waals surface area contributed by atoms with Crippen LogP contribution in [-0.4, -0.2) is 49.4 Å². The van der Waals surface area contributed by atoms with E-state index in [4.69, 9.17) is 14.2 Å². The van der Waals surface area contributed by atoms with Gasteiger partial charge in [-0.25, -0.2) is 4.98 Å². The number of hydrogen-bond donors (Lipinski definition) is 1. The molecule has 2 aliphatic rings. The standard InChI is InChI=1S/C23H29N3O4/c1-15-13-26(14-16(2)30-15)22-8-6-19(12-24-22)23(27)25-17(3)18-5-7-20-21(11-18)29-10-4-9-28-20/h5-8,11-12,15-17H,4,9-10,13-14H2,1-3H3,(H,25,27)/t15-,16-,17-/m1/s1. The molecule has 1 amide bonds. The van der Waals surface area contributed by atoms with Crippen molar-refractivity contribution in [2.75, 3.05) is 31.2 Å². The number of nitrogens with one attached hydrogen (secondary N) is 1. The Morgan fingerprint density at radius 1 is 1.10 bits per heavy atom. The van der Waals surface area contributed by atoms with Crippen LogP contribution >= 0.6 is 0 Å². The Labute approximate surface area is 177 Å². The van der Waals surface area contributed by atoms with Gasteiger partial charge in [0, 0.05) is 25.7 Å². The van der Waals surface area contributed by atoms with Crippen molar-refractivity contribution in [1.82, 2.24) is 10.3 Å². The van der Waals surface area contributed by atoms with Crippen LogP contribution in [0.15, 0.2) is 36.5 Å². The molecule has 0 unspecified atom stereocenters. The molecule has 0 bridgehead atoms. The van der Waals surface area contributed by atoms with Crippen LogP contribution in [0.1, 0.15) is 49.2 Å². The van der Waals surface area contributed by atoms with Crippen molar-refractivity contribution >= 4 is 11.7 Å². The van der Waals surface area contributed by atoms with Crippen LogP contribution in [0.5, 0.6) is 11.5 Å². The largest absolute Gasteiger partial charge is 0.490 e. The molecule has 0 spiro atoms. The first-order valence-corrected chi connectivity index (χ1v) is 10.6. The molecule has 1 aromatic carbocycles. The SMILES string of the molecule is C[C@@H]1CN(c2ccc(C(=O)N[C@H](C)c3ccc4c(c3)OCCCO4)cn2)C[C@@H](C)O1. The van der Waals surface area contributed by atoms with Crippen LogP contribution in [0.25, 0.3) is 0 Å². The Morgan fingerprint density at radius 2 is 1.83 bits per heavy atom. The Balaban J connectivity index is 1.40. The van der Waals surface area contributed by atoms with Crippen LogP contribution < -0.4 is 19.7 Å². The van der Waals surface area contributed by atoms with E-state index in [9.17, 15) is 4.79 Å². The number of aromatic nitrogens is 1. The van der Waals surface area contributed by atoms with E-state index in [0.29, 0.717) is 18.8 Å². The maximum Gasteiger partial charge on any atom is 0.253 e. The third kappa shape index (κ3) is 4.67. The Kier molecular flexibility index (Phi) is 6.08. The average molecular weight is 412 g/mol. The highest BCUT2D eigenvalue weighted by Gasteiger charge is 2.23. The lowest BCUT2D eigenvalue weighted by Crippen LogP contribution is -2.45. The highest BCUT2D eigenvalue weighted by atomic mass is 16.5. The number of morpholine rings is 1. The number of carbonyl (C=O) groups excluding carboxylic acids is 1. The monoisotopic (exact) mass is 411 g/mol. The summed E-state index contributed by atoms with van der Waals surface area (Å²) in [7, 11) is 0.